The molecule has 1 fully saturated rings. The second kappa shape index (κ2) is 35.4. The average molecular weight is 1250 g/mol. The number of allylic oxidation sites excluding steroid dienone is 2. The summed E-state index contributed by atoms with van der Waals surface area (Å²) in [5.74, 6) is -10.5. The Morgan fingerprint density at radius 1 is 0.506 bits per heavy atom. The van der Waals surface area contributed by atoms with Gasteiger partial charge in [0, 0.05) is 48.7 Å². The summed E-state index contributed by atoms with van der Waals surface area (Å²) in [6.07, 6.45) is 3.87. The van der Waals surface area contributed by atoms with Gasteiger partial charge in [-0.3, -0.25) is 52.7 Å². The molecule has 1 heterocycles. The quantitative estimate of drug-likeness (QED) is 0.109. The molecule has 0 unspecified atom stereocenters. The molecule has 0 aromatic carbocycles. The highest BCUT2D eigenvalue weighted by molar-refractivity contribution is 7.99. The number of likely N-dealkylation sites (N-methyl/N-ethyl adjacent to an activating group) is 6. The molecule has 0 aromatic heterocycles. The van der Waals surface area contributed by atoms with Gasteiger partial charge in [-0.2, -0.15) is 0 Å². The van der Waals surface area contributed by atoms with Crippen molar-refractivity contribution in [3.8, 4) is 0 Å². The summed E-state index contributed by atoms with van der Waals surface area (Å²) in [6, 6.07) is -13.1. The number of carbonyl (C=O) groups excluding carboxylic acids is 11. The van der Waals surface area contributed by atoms with E-state index in [4.69, 9.17) is 0 Å². The van der Waals surface area contributed by atoms with E-state index in [1.54, 1.807) is 66.9 Å². The molecule has 0 saturated carbocycles. The summed E-state index contributed by atoms with van der Waals surface area (Å²) in [6.45, 7) is 28.7. The lowest BCUT2D eigenvalue weighted by molar-refractivity contribution is -0.157. The minimum absolute atomic E-state index is 0.0287. The first-order valence-electron chi connectivity index (χ1n) is 30.7. The zero-order valence-corrected chi connectivity index (χ0v) is 57.6. The molecular formula is C62H111N11O13S. The van der Waals surface area contributed by atoms with Gasteiger partial charge in [0.05, 0.1) is 11.7 Å². The van der Waals surface area contributed by atoms with Gasteiger partial charge < -0.3 is 66.2 Å². The summed E-state index contributed by atoms with van der Waals surface area (Å²) in [5.41, 5.74) is -1.57. The molecule has 0 spiro atoms. The Labute approximate surface area is 523 Å². The van der Waals surface area contributed by atoms with Gasteiger partial charge >= 0.3 is 0 Å². The molecule has 24 nitrogen and oxygen atoms in total. The standard InChI is InChI=1S/C62H111N11O13S/c1-25-27-28-38(13)49(74)48-53(78)65-41(26-2)56(81)73(23)61(87-24)54(79)66-42(32-62(16,17)86)51(76)67-46(36(9)10)59(84)68(18)43(29-33(3)4)52(77)63-39(14)50(75)64-40(15)55(80)69(19)44(30-34(5)6)57(82)70(20)45(31-35(7)8)58(83)71(21)47(37(11)12)60(85)72(48)22/h25,27,33-49,61,74,86H,26,28-32H2,1-24H3,(H,63,77)(H,64,75)(H,65,78)(H,66,79)(H,67,76)/b27-25+/t38-,39+,40-,41+,42+,43+,44+,45+,46+,47+,48+,49-,61-/m1/s1. The molecule has 11 amide bonds. The molecule has 0 bridgehead atoms. The monoisotopic (exact) mass is 1250 g/mol. The van der Waals surface area contributed by atoms with Gasteiger partial charge in [-0.1, -0.05) is 95.2 Å². The fourth-order valence-corrected chi connectivity index (χ4v) is 11.4. The molecular weight excluding hydrogens is 1140 g/mol. The minimum atomic E-state index is -1.65. The molecule has 87 heavy (non-hydrogen) atoms. The second-order valence-corrected chi connectivity index (χ2v) is 27.3. The van der Waals surface area contributed by atoms with Crippen molar-refractivity contribution < 1.29 is 63.0 Å². The van der Waals surface area contributed by atoms with E-state index in [-0.39, 0.29) is 56.3 Å². The van der Waals surface area contributed by atoms with E-state index in [0.717, 1.165) is 21.6 Å². The van der Waals surface area contributed by atoms with Crippen molar-refractivity contribution in [3.05, 3.63) is 12.2 Å². The third-order valence-corrected chi connectivity index (χ3v) is 16.9. The highest BCUT2D eigenvalue weighted by Crippen LogP contribution is 2.26. The molecule has 1 saturated heterocycles. The molecule has 13 atom stereocenters. The van der Waals surface area contributed by atoms with E-state index >= 15 is 9.59 Å². The topological polar surface area (TPSA) is 308 Å². The lowest BCUT2D eigenvalue weighted by atomic mass is 9.91. The van der Waals surface area contributed by atoms with Crippen LogP contribution < -0.4 is 26.6 Å². The number of thioether (sulfide) groups is 1. The number of hydrogen-bond donors (Lipinski definition) is 7. The van der Waals surface area contributed by atoms with E-state index in [9.17, 15) is 53.4 Å². The van der Waals surface area contributed by atoms with Crippen molar-refractivity contribution in [1.82, 2.24) is 56.0 Å². The fourth-order valence-electron chi connectivity index (χ4n) is 10.7. The van der Waals surface area contributed by atoms with E-state index in [1.165, 1.54) is 89.6 Å². The van der Waals surface area contributed by atoms with E-state index < -0.39 is 160 Å². The van der Waals surface area contributed by atoms with Gasteiger partial charge in [0.25, 0.3) is 5.91 Å². The Morgan fingerprint density at radius 2 is 0.954 bits per heavy atom. The number of nitrogens with one attached hydrogen (secondary N) is 5. The van der Waals surface area contributed by atoms with E-state index in [0.29, 0.717) is 0 Å². The molecule has 0 aliphatic carbocycles. The summed E-state index contributed by atoms with van der Waals surface area (Å²) in [5, 5.41) is 35.3. The Balaban J connectivity index is 4.40. The largest absolute Gasteiger partial charge is 0.390 e. The Hall–Kier alpha value is -5.82. The van der Waals surface area contributed by atoms with Crippen LogP contribution in [0.3, 0.4) is 0 Å². The second-order valence-electron chi connectivity index (χ2n) is 26.4. The number of hydrogen-bond acceptors (Lipinski definition) is 14. The van der Waals surface area contributed by atoms with Gasteiger partial charge in [0.1, 0.15) is 60.4 Å². The highest BCUT2D eigenvalue weighted by atomic mass is 32.2. The first-order valence-corrected chi connectivity index (χ1v) is 32.0. The molecule has 25 heteroatoms. The number of rotatable bonds is 16. The molecule has 0 radical (unpaired) electrons. The number of carbonyl (C=O) groups is 11. The molecule has 7 N–H and O–H groups in total. The lowest BCUT2D eigenvalue weighted by Crippen LogP contribution is -2.64. The maximum absolute atomic E-state index is 15.2. The smallest absolute Gasteiger partial charge is 0.253 e. The van der Waals surface area contributed by atoms with Crippen LogP contribution >= 0.6 is 11.8 Å². The summed E-state index contributed by atoms with van der Waals surface area (Å²) in [4.78, 5) is 168. The van der Waals surface area contributed by atoms with Crippen LogP contribution in [0.1, 0.15) is 156 Å². The Morgan fingerprint density at radius 3 is 1.40 bits per heavy atom. The van der Waals surface area contributed by atoms with Crippen LogP contribution in [0.15, 0.2) is 12.2 Å². The zero-order chi connectivity index (χ0) is 67.6. The first-order chi connectivity index (χ1) is 40.0. The fraction of sp³-hybridized carbons (Fsp3) is 0.790. The normalized spacial score (nSPS) is 27.4. The van der Waals surface area contributed by atoms with Crippen molar-refractivity contribution in [3.63, 3.8) is 0 Å². The molecule has 1 aliphatic heterocycles. The summed E-state index contributed by atoms with van der Waals surface area (Å²) >= 11 is 0.929. The van der Waals surface area contributed by atoms with E-state index in [2.05, 4.69) is 26.6 Å². The number of nitrogens with zero attached hydrogens (tertiary/aromatic N) is 6. The summed E-state index contributed by atoms with van der Waals surface area (Å²) in [7, 11) is 8.36. The van der Waals surface area contributed by atoms with E-state index in [1.807, 2.05) is 41.5 Å². The maximum atomic E-state index is 15.2. The number of amides is 11. The van der Waals surface area contributed by atoms with Crippen molar-refractivity contribution in [2.45, 2.75) is 234 Å². The number of aliphatic hydroxyl groups is 2. The third-order valence-electron chi connectivity index (χ3n) is 16.0. The summed E-state index contributed by atoms with van der Waals surface area (Å²) < 4.78 is 0. The minimum Gasteiger partial charge on any atom is -0.390 e. The zero-order valence-electron chi connectivity index (χ0n) is 56.8. The average Bonchev–Trinajstić information content (AvgIpc) is 2.55. The van der Waals surface area contributed by atoms with Crippen molar-refractivity contribution in [1.29, 1.82) is 0 Å². The lowest BCUT2D eigenvalue weighted by Gasteiger charge is -2.41. The van der Waals surface area contributed by atoms with Crippen LogP contribution in [0.5, 0.6) is 0 Å². The van der Waals surface area contributed by atoms with Crippen LogP contribution in [0.25, 0.3) is 0 Å². The van der Waals surface area contributed by atoms with Gasteiger partial charge in [-0.15, -0.1) is 11.8 Å². The SMILES string of the molecule is C/C=C/C[C@@H](C)[C@@H](O)[C@H]1C(=O)N[C@@H](CC)C(=O)N(C)[C@H](SC)C(=O)N[C@@H](CC(C)(C)O)C(=O)N[C@@H](C(C)C)C(=O)N(C)[C@@H](CC(C)C)C(=O)N[C@@H](C)C(=O)N[C@H](C)C(=O)N(C)[C@@H](CC(C)C)C(=O)N(C)[C@@H](CC(C)C)C(=O)N(C)[C@@H](C(C)C)C(=O)N1C. The van der Waals surface area contributed by atoms with Crippen LogP contribution in [-0.4, -0.2) is 231 Å². The molecule has 0 aromatic rings. The molecule has 1 aliphatic rings. The Bertz CT molecular complexity index is 2400. The highest BCUT2D eigenvalue weighted by Gasteiger charge is 2.46. The Kier molecular flexibility index (Phi) is 32.2. The predicted molar refractivity (Wildman–Crippen MR) is 338 cm³/mol. The maximum Gasteiger partial charge on any atom is 0.253 e. The van der Waals surface area contributed by atoms with Crippen molar-refractivity contribution in [2.75, 3.05) is 48.5 Å². The van der Waals surface area contributed by atoms with Gasteiger partial charge in [0.2, 0.25) is 59.1 Å². The van der Waals surface area contributed by atoms with Crippen LogP contribution in [0.2, 0.25) is 0 Å². The van der Waals surface area contributed by atoms with Crippen LogP contribution in [0.4, 0.5) is 0 Å². The van der Waals surface area contributed by atoms with Gasteiger partial charge in [-0.05, 0) is 108 Å². The predicted octanol–water partition coefficient (Wildman–Crippen LogP) is 2.73. The third kappa shape index (κ3) is 22.6. The number of aliphatic hydroxyl groups excluding tert-OH is 1. The van der Waals surface area contributed by atoms with Gasteiger partial charge in [0.15, 0.2) is 5.37 Å². The first kappa shape index (κ1) is 79.2. The van der Waals surface area contributed by atoms with Crippen molar-refractivity contribution in [2.24, 2.45) is 35.5 Å². The van der Waals surface area contributed by atoms with Crippen LogP contribution in [-0.2, 0) is 52.7 Å². The molecule has 1 rings (SSSR count). The van der Waals surface area contributed by atoms with Crippen molar-refractivity contribution >= 4 is 76.7 Å². The van der Waals surface area contributed by atoms with Crippen LogP contribution in [0, 0.1) is 35.5 Å². The molecule has 498 valence electrons. The van der Waals surface area contributed by atoms with Gasteiger partial charge in [-0.25, -0.2) is 0 Å².